The molecular weight excluding hydrogens is 351 g/mol. The lowest BCUT2D eigenvalue weighted by Crippen LogP contribution is -2.58. The number of fused-ring (bicyclic) bond motifs is 5. The van der Waals surface area contributed by atoms with Gasteiger partial charge in [0.15, 0.2) is 5.78 Å². The third-order valence-electron chi connectivity index (χ3n) is 8.20. The highest BCUT2D eigenvalue weighted by molar-refractivity contribution is 6.42. The Bertz CT molecular complexity index is 813. The van der Waals surface area contributed by atoms with Gasteiger partial charge in [0.05, 0.1) is 0 Å². The molecule has 27 heavy (non-hydrogen) atoms. The van der Waals surface area contributed by atoms with Crippen LogP contribution in [-0.4, -0.2) is 39.8 Å². The highest BCUT2D eigenvalue weighted by Gasteiger charge is 2.66. The first kappa shape index (κ1) is 18.7. The number of aliphatic hydroxyl groups is 2. The first-order chi connectivity index (χ1) is 12.6. The number of aliphatic hydroxyl groups excluding tert-OH is 1. The molecule has 0 aromatic heterocycles. The fraction of sp³-hybridized carbons (Fsp3) is 0.667. The van der Waals surface area contributed by atoms with Crippen molar-refractivity contribution in [2.45, 2.75) is 51.6 Å². The van der Waals surface area contributed by atoms with Gasteiger partial charge in [-0.1, -0.05) is 13.8 Å². The van der Waals surface area contributed by atoms with Crippen LogP contribution < -0.4 is 0 Å². The second-order valence-electron chi connectivity index (χ2n) is 9.18. The number of Topliss-reactive ketones (excluding diaryl/α,β-unsaturated/α-hetero) is 2. The second-order valence-corrected chi connectivity index (χ2v) is 9.18. The standard InChI is InChI=1S/C21H25FO5/c1-19-9-17(25)16(24)8-14(19)15(22)7-11-12(19)3-5-20(2)13(11)4-6-21(20,27)18(26)10-23/h7-8,11-13,23,27H,3-6,9-10H2,1-2H3/t11-,12+,13+,19-,20+,21+/m1/s1. The largest absolute Gasteiger partial charge is 0.388 e. The minimum absolute atomic E-state index is 0.00334. The van der Waals surface area contributed by atoms with Crippen LogP contribution in [0.3, 0.4) is 0 Å². The van der Waals surface area contributed by atoms with Gasteiger partial charge in [0.25, 0.3) is 0 Å². The zero-order valence-corrected chi connectivity index (χ0v) is 15.6. The van der Waals surface area contributed by atoms with Crippen molar-refractivity contribution in [3.05, 3.63) is 23.6 Å². The van der Waals surface area contributed by atoms with Crippen LogP contribution in [-0.2, 0) is 14.4 Å². The zero-order valence-electron chi connectivity index (χ0n) is 15.6. The molecule has 0 bridgehead atoms. The van der Waals surface area contributed by atoms with E-state index in [4.69, 9.17) is 0 Å². The lowest BCUT2D eigenvalue weighted by molar-refractivity contribution is -0.162. The number of rotatable bonds is 2. The minimum Gasteiger partial charge on any atom is -0.388 e. The van der Waals surface area contributed by atoms with Gasteiger partial charge < -0.3 is 10.2 Å². The summed E-state index contributed by atoms with van der Waals surface area (Å²) in [7, 11) is 0. The third-order valence-corrected chi connectivity index (χ3v) is 8.20. The molecule has 0 aromatic rings. The smallest absolute Gasteiger partial charge is 0.221 e. The Labute approximate surface area is 157 Å². The van der Waals surface area contributed by atoms with Gasteiger partial charge >= 0.3 is 0 Å². The molecular formula is C21H25FO5. The molecule has 4 aliphatic carbocycles. The van der Waals surface area contributed by atoms with Crippen LogP contribution in [0.2, 0.25) is 0 Å². The van der Waals surface area contributed by atoms with E-state index in [-0.39, 0.29) is 30.6 Å². The first-order valence-electron chi connectivity index (χ1n) is 9.62. The molecule has 146 valence electrons. The number of hydrogen-bond donors (Lipinski definition) is 2. The predicted molar refractivity (Wildman–Crippen MR) is 94.1 cm³/mol. The molecule has 2 saturated carbocycles. The van der Waals surface area contributed by atoms with Crippen LogP contribution in [0.1, 0.15) is 46.0 Å². The number of halogens is 1. The van der Waals surface area contributed by atoms with E-state index in [1.165, 1.54) is 0 Å². The zero-order chi connectivity index (χ0) is 19.8. The minimum atomic E-state index is -1.60. The summed E-state index contributed by atoms with van der Waals surface area (Å²) in [6.45, 7) is 3.01. The fourth-order valence-corrected chi connectivity index (χ4v) is 6.60. The molecule has 0 radical (unpaired) electrons. The molecule has 4 rings (SSSR count). The fourth-order valence-electron chi connectivity index (χ4n) is 6.60. The Morgan fingerprint density at radius 1 is 1.22 bits per heavy atom. The maximum Gasteiger partial charge on any atom is 0.221 e. The van der Waals surface area contributed by atoms with Crippen molar-refractivity contribution < 1.29 is 29.0 Å². The van der Waals surface area contributed by atoms with Crippen molar-refractivity contribution in [1.29, 1.82) is 0 Å². The normalized spacial score (nSPS) is 46.2. The maximum absolute atomic E-state index is 15.0. The van der Waals surface area contributed by atoms with E-state index in [2.05, 4.69) is 0 Å². The van der Waals surface area contributed by atoms with Crippen molar-refractivity contribution in [3.8, 4) is 0 Å². The molecule has 0 amide bonds. The topological polar surface area (TPSA) is 91.7 Å². The molecule has 0 unspecified atom stereocenters. The summed E-state index contributed by atoms with van der Waals surface area (Å²) >= 11 is 0. The predicted octanol–water partition coefficient (Wildman–Crippen LogP) is 2.06. The summed E-state index contributed by atoms with van der Waals surface area (Å²) in [6, 6.07) is 0. The van der Waals surface area contributed by atoms with Gasteiger partial charge in [-0.15, -0.1) is 0 Å². The van der Waals surface area contributed by atoms with E-state index in [1.807, 2.05) is 13.8 Å². The highest BCUT2D eigenvalue weighted by atomic mass is 19.1. The summed E-state index contributed by atoms with van der Waals surface area (Å²) in [6.07, 6.45) is 4.69. The molecule has 2 N–H and O–H groups in total. The molecule has 0 aliphatic heterocycles. The van der Waals surface area contributed by atoms with Crippen LogP contribution in [0.4, 0.5) is 4.39 Å². The Balaban J connectivity index is 1.79. The summed E-state index contributed by atoms with van der Waals surface area (Å²) in [5.41, 5.74) is -2.76. The Kier molecular flexibility index (Phi) is 3.93. The monoisotopic (exact) mass is 376 g/mol. The van der Waals surface area contributed by atoms with Crippen molar-refractivity contribution in [2.75, 3.05) is 6.61 Å². The molecule has 0 aromatic carbocycles. The molecule has 4 aliphatic rings. The van der Waals surface area contributed by atoms with Gasteiger partial charge in [-0.25, -0.2) is 4.39 Å². The van der Waals surface area contributed by atoms with Crippen molar-refractivity contribution in [3.63, 3.8) is 0 Å². The summed E-state index contributed by atoms with van der Waals surface area (Å²) in [5.74, 6) is -2.52. The van der Waals surface area contributed by atoms with Crippen LogP contribution in [0.25, 0.3) is 0 Å². The SMILES string of the molecule is C[C@]12CC(=O)C(=O)C=C1C(F)=C[C@@H]1[C@@H]2CC[C@@]2(C)[C@H]1CC[C@]2(O)C(=O)CO. The Morgan fingerprint density at radius 2 is 1.89 bits per heavy atom. The third kappa shape index (κ3) is 2.20. The molecule has 2 fully saturated rings. The first-order valence-corrected chi connectivity index (χ1v) is 9.62. The van der Waals surface area contributed by atoms with Crippen molar-refractivity contribution in [1.82, 2.24) is 0 Å². The van der Waals surface area contributed by atoms with E-state index in [9.17, 15) is 29.0 Å². The highest BCUT2D eigenvalue weighted by Crippen LogP contribution is 2.67. The van der Waals surface area contributed by atoms with Crippen molar-refractivity contribution >= 4 is 17.3 Å². The Hall–Kier alpha value is -1.66. The average Bonchev–Trinajstić information content (AvgIpc) is 2.89. The average molecular weight is 376 g/mol. The van der Waals surface area contributed by atoms with Crippen molar-refractivity contribution in [2.24, 2.45) is 28.6 Å². The number of hydrogen-bond acceptors (Lipinski definition) is 5. The maximum atomic E-state index is 15.0. The van der Waals surface area contributed by atoms with E-state index < -0.39 is 46.2 Å². The lowest BCUT2D eigenvalue weighted by atomic mass is 9.47. The second kappa shape index (κ2) is 5.67. The van der Waals surface area contributed by atoms with Gasteiger partial charge in [0, 0.05) is 17.3 Å². The molecule has 0 saturated heterocycles. The van der Waals surface area contributed by atoms with Gasteiger partial charge in [0.2, 0.25) is 11.6 Å². The summed E-state index contributed by atoms with van der Waals surface area (Å²) in [5, 5.41) is 20.4. The van der Waals surface area contributed by atoms with E-state index in [0.717, 1.165) is 6.08 Å². The van der Waals surface area contributed by atoms with Gasteiger partial charge in [0.1, 0.15) is 18.0 Å². The summed E-state index contributed by atoms with van der Waals surface area (Å²) in [4.78, 5) is 36.2. The molecule has 0 heterocycles. The van der Waals surface area contributed by atoms with Crippen LogP contribution in [0.15, 0.2) is 23.6 Å². The van der Waals surface area contributed by atoms with Gasteiger partial charge in [-0.05, 0) is 61.2 Å². The molecule has 0 spiro atoms. The van der Waals surface area contributed by atoms with Crippen LogP contribution in [0.5, 0.6) is 0 Å². The van der Waals surface area contributed by atoms with E-state index in [0.29, 0.717) is 24.8 Å². The number of carbonyl (C=O) groups is 3. The molecule has 6 heteroatoms. The quantitative estimate of drug-likeness (QED) is 0.720. The van der Waals surface area contributed by atoms with E-state index >= 15 is 0 Å². The van der Waals surface area contributed by atoms with Crippen LogP contribution >= 0.6 is 0 Å². The van der Waals surface area contributed by atoms with E-state index in [1.54, 1.807) is 6.08 Å². The lowest BCUT2D eigenvalue weighted by Gasteiger charge is -2.56. The number of allylic oxidation sites excluding steroid dienone is 4. The number of carbonyl (C=O) groups excluding carboxylic acids is 3. The van der Waals surface area contributed by atoms with Gasteiger partial charge in [-0.3, -0.25) is 14.4 Å². The van der Waals surface area contributed by atoms with Crippen LogP contribution in [0, 0.1) is 28.6 Å². The molecule has 6 atom stereocenters. The number of ketones is 3. The summed E-state index contributed by atoms with van der Waals surface area (Å²) < 4.78 is 15.0. The Morgan fingerprint density at radius 3 is 2.56 bits per heavy atom. The van der Waals surface area contributed by atoms with Gasteiger partial charge in [-0.2, -0.15) is 0 Å². The molecule has 5 nitrogen and oxygen atoms in total.